The molecule has 0 unspecified atom stereocenters. The maximum Gasteiger partial charge on any atom is 0.573 e. The molecule has 0 aliphatic carbocycles. The van der Waals surface area contributed by atoms with Gasteiger partial charge in [-0.15, -0.1) is 13.2 Å². The van der Waals surface area contributed by atoms with Crippen molar-refractivity contribution >= 4 is 23.0 Å². The first-order valence-corrected chi connectivity index (χ1v) is 8.53. The van der Waals surface area contributed by atoms with Crippen molar-refractivity contribution in [1.29, 1.82) is 0 Å². The normalized spacial score (nSPS) is 10.8. The van der Waals surface area contributed by atoms with E-state index in [1.807, 2.05) is 31.2 Å². The van der Waals surface area contributed by atoms with E-state index in [4.69, 9.17) is 21.7 Å². The Hall–Kier alpha value is -2.68. The molecule has 2 aromatic rings. The number of hydrogen-bond donors (Lipinski definition) is 2. The van der Waals surface area contributed by atoms with Gasteiger partial charge in [0.05, 0.1) is 13.2 Å². The number of rotatable bonds is 8. The van der Waals surface area contributed by atoms with Crippen LogP contribution in [0.1, 0.15) is 6.92 Å². The van der Waals surface area contributed by atoms with E-state index in [-0.39, 0.29) is 5.75 Å². The predicted molar refractivity (Wildman–Crippen MR) is 100 cm³/mol. The Morgan fingerprint density at radius 3 is 2.04 bits per heavy atom. The van der Waals surface area contributed by atoms with Crippen LogP contribution in [-0.2, 0) is 0 Å². The minimum atomic E-state index is -4.71. The maximum atomic E-state index is 12.1. The van der Waals surface area contributed by atoms with Gasteiger partial charge in [-0.25, -0.2) is 0 Å². The van der Waals surface area contributed by atoms with Crippen LogP contribution in [0.2, 0.25) is 0 Å². The van der Waals surface area contributed by atoms with Gasteiger partial charge in [-0.1, -0.05) is 0 Å². The van der Waals surface area contributed by atoms with E-state index in [2.05, 4.69) is 15.4 Å². The summed E-state index contributed by atoms with van der Waals surface area (Å²) in [5.74, 6) is 1.19. The molecule has 2 rings (SSSR count). The van der Waals surface area contributed by atoms with Gasteiger partial charge in [0.1, 0.15) is 23.9 Å². The Morgan fingerprint density at radius 1 is 0.926 bits per heavy atom. The zero-order valence-corrected chi connectivity index (χ0v) is 15.3. The van der Waals surface area contributed by atoms with E-state index in [0.29, 0.717) is 36.3 Å². The molecule has 0 radical (unpaired) electrons. The molecule has 0 atom stereocenters. The minimum Gasteiger partial charge on any atom is -0.494 e. The average Bonchev–Trinajstić information content (AvgIpc) is 2.61. The van der Waals surface area contributed by atoms with E-state index in [1.165, 1.54) is 24.3 Å². The van der Waals surface area contributed by atoms with Crippen molar-refractivity contribution in [2.45, 2.75) is 13.3 Å². The number of halogens is 3. The Morgan fingerprint density at radius 2 is 1.48 bits per heavy atom. The summed E-state index contributed by atoms with van der Waals surface area (Å²) in [5, 5.41) is 6.14. The van der Waals surface area contributed by atoms with Gasteiger partial charge in [0, 0.05) is 5.69 Å². The lowest BCUT2D eigenvalue weighted by Crippen LogP contribution is -2.31. The lowest BCUT2D eigenvalue weighted by molar-refractivity contribution is -0.274. The van der Waals surface area contributed by atoms with E-state index < -0.39 is 6.36 Å². The highest BCUT2D eigenvalue weighted by Crippen LogP contribution is 2.23. The molecule has 0 fully saturated rings. The quantitative estimate of drug-likeness (QED) is 0.508. The zero-order valence-electron chi connectivity index (χ0n) is 14.5. The number of ether oxygens (including phenoxy) is 3. The van der Waals surface area contributed by atoms with Gasteiger partial charge in [-0.05, 0) is 67.7 Å². The van der Waals surface area contributed by atoms with Crippen molar-refractivity contribution in [3.05, 3.63) is 48.5 Å². The van der Waals surface area contributed by atoms with Gasteiger partial charge in [0.2, 0.25) is 0 Å². The van der Waals surface area contributed by atoms with Crippen LogP contribution in [0, 0.1) is 0 Å². The van der Waals surface area contributed by atoms with Gasteiger partial charge in [-0.2, -0.15) is 0 Å². The first-order chi connectivity index (χ1) is 12.9. The SMILES string of the molecule is CCOc1ccc(OCCNC(=S)Nc2ccc(OC(F)(F)F)cc2)cc1. The van der Waals surface area contributed by atoms with Gasteiger partial charge in [-0.3, -0.25) is 0 Å². The monoisotopic (exact) mass is 400 g/mol. The van der Waals surface area contributed by atoms with Crippen LogP contribution >= 0.6 is 12.2 Å². The van der Waals surface area contributed by atoms with Crippen molar-refractivity contribution in [2.75, 3.05) is 25.1 Å². The second kappa shape index (κ2) is 9.86. The third kappa shape index (κ3) is 8.04. The van der Waals surface area contributed by atoms with Gasteiger partial charge in [0.15, 0.2) is 5.11 Å². The lowest BCUT2D eigenvalue weighted by atomic mass is 10.3. The Labute approximate surface area is 160 Å². The van der Waals surface area contributed by atoms with Crippen LogP contribution in [0.3, 0.4) is 0 Å². The zero-order chi connectivity index (χ0) is 19.7. The summed E-state index contributed by atoms with van der Waals surface area (Å²) < 4.78 is 51.1. The number of anilines is 1. The molecular formula is C18H19F3N2O3S. The molecule has 0 spiro atoms. The molecule has 2 N–H and O–H groups in total. The summed E-state index contributed by atoms with van der Waals surface area (Å²) in [4.78, 5) is 0. The van der Waals surface area contributed by atoms with E-state index in [1.54, 1.807) is 0 Å². The molecule has 27 heavy (non-hydrogen) atoms. The summed E-state index contributed by atoms with van der Waals surface area (Å²) in [6.45, 7) is 3.35. The maximum absolute atomic E-state index is 12.1. The Bertz CT molecular complexity index is 722. The smallest absolute Gasteiger partial charge is 0.494 e. The molecule has 2 aromatic carbocycles. The van der Waals surface area contributed by atoms with Crippen molar-refractivity contribution in [3.8, 4) is 17.2 Å². The molecule has 5 nitrogen and oxygen atoms in total. The van der Waals surface area contributed by atoms with Crippen LogP contribution < -0.4 is 24.8 Å². The summed E-state index contributed by atoms with van der Waals surface area (Å²) in [6.07, 6.45) is -4.71. The van der Waals surface area contributed by atoms with Crippen LogP contribution in [-0.4, -0.2) is 31.2 Å². The summed E-state index contributed by atoms with van der Waals surface area (Å²) in [6, 6.07) is 12.5. The van der Waals surface area contributed by atoms with Crippen LogP contribution in [0.25, 0.3) is 0 Å². The Balaban J connectivity index is 1.68. The number of benzene rings is 2. The first kappa shape index (κ1) is 20.6. The van der Waals surface area contributed by atoms with E-state index in [0.717, 1.165) is 5.75 Å². The third-order valence-electron chi connectivity index (χ3n) is 3.14. The topological polar surface area (TPSA) is 51.8 Å². The highest BCUT2D eigenvalue weighted by molar-refractivity contribution is 7.80. The molecule has 0 saturated heterocycles. The van der Waals surface area contributed by atoms with E-state index >= 15 is 0 Å². The second-order valence-corrected chi connectivity index (χ2v) is 5.61. The highest BCUT2D eigenvalue weighted by atomic mass is 32.1. The Kier molecular flexibility index (Phi) is 7.54. The van der Waals surface area contributed by atoms with Gasteiger partial charge >= 0.3 is 6.36 Å². The van der Waals surface area contributed by atoms with Crippen molar-refractivity contribution in [1.82, 2.24) is 5.32 Å². The summed E-state index contributed by atoms with van der Waals surface area (Å²) in [7, 11) is 0. The molecule has 0 aliphatic rings. The van der Waals surface area contributed by atoms with E-state index in [9.17, 15) is 13.2 Å². The third-order valence-corrected chi connectivity index (χ3v) is 3.38. The fourth-order valence-corrected chi connectivity index (χ4v) is 2.27. The van der Waals surface area contributed by atoms with Crippen molar-refractivity contribution in [2.24, 2.45) is 0 Å². The molecule has 0 bridgehead atoms. The van der Waals surface area contributed by atoms with Crippen molar-refractivity contribution < 1.29 is 27.4 Å². The fourth-order valence-electron chi connectivity index (χ4n) is 2.05. The number of thiocarbonyl (C=S) groups is 1. The van der Waals surface area contributed by atoms with Crippen LogP contribution in [0.4, 0.5) is 18.9 Å². The fraction of sp³-hybridized carbons (Fsp3) is 0.278. The standard InChI is InChI=1S/C18H19F3N2O3S/c1-2-24-14-7-9-15(10-8-14)25-12-11-22-17(27)23-13-3-5-16(6-4-13)26-18(19,20)21/h3-10H,2,11-12H2,1H3,(H2,22,23,27). The molecule has 0 amide bonds. The molecule has 146 valence electrons. The molecule has 9 heteroatoms. The lowest BCUT2D eigenvalue weighted by Gasteiger charge is -2.13. The molecule has 0 aliphatic heterocycles. The first-order valence-electron chi connectivity index (χ1n) is 8.12. The second-order valence-electron chi connectivity index (χ2n) is 5.21. The van der Waals surface area contributed by atoms with Gasteiger partial charge < -0.3 is 24.8 Å². The predicted octanol–water partition coefficient (Wildman–Crippen LogP) is 4.35. The molecule has 0 heterocycles. The molecule has 0 saturated carbocycles. The summed E-state index contributed by atoms with van der Waals surface area (Å²) >= 11 is 5.13. The number of alkyl halides is 3. The number of nitrogens with one attached hydrogen (secondary N) is 2. The van der Waals surface area contributed by atoms with Crippen LogP contribution in [0.5, 0.6) is 17.2 Å². The largest absolute Gasteiger partial charge is 0.573 e. The highest BCUT2D eigenvalue weighted by Gasteiger charge is 2.30. The molecule has 0 aromatic heterocycles. The average molecular weight is 400 g/mol. The molecular weight excluding hydrogens is 381 g/mol. The van der Waals surface area contributed by atoms with Gasteiger partial charge in [0.25, 0.3) is 0 Å². The van der Waals surface area contributed by atoms with Crippen LogP contribution in [0.15, 0.2) is 48.5 Å². The minimum absolute atomic E-state index is 0.296. The van der Waals surface area contributed by atoms with Crippen molar-refractivity contribution in [3.63, 3.8) is 0 Å². The number of hydrogen-bond acceptors (Lipinski definition) is 4. The summed E-state index contributed by atoms with van der Waals surface area (Å²) in [5.41, 5.74) is 0.537.